The van der Waals surface area contributed by atoms with Crippen molar-refractivity contribution in [3.05, 3.63) is 0 Å². The van der Waals surface area contributed by atoms with Crippen LogP contribution < -0.4 is 0 Å². The number of aliphatic hydroxyl groups is 4. The minimum absolute atomic E-state index is 0.428. The molecule has 0 radical (unpaired) electrons. The Labute approximate surface area is 133 Å². The highest BCUT2D eigenvalue weighted by atomic mass is 16.7. The molecular weight excluding hydrogens is 288 g/mol. The van der Waals surface area contributed by atoms with E-state index in [0.29, 0.717) is 6.61 Å². The molecule has 1 fully saturated rings. The second-order valence-electron chi connectivity index (χ2n) is 6.04. The summed E-state index contributed by atoms with van der Waals surface area (Å²) in [7, 11) is 0. The van der Waals surface area contributed by atoms with E-state index in [9.17, 15) is 15.3 Å². The highest BCUT2D eigenvalue weighted by molar-refractivity contribution is 4.88. The van der Waals surface area contributed by atoms with Gasteiger partial charge in [0.1, 0.15) is 24.4 Å². The van der Waals surface area contributed by atoms with Crippen LogP contribution in [-0.4, -0.2) is 64.3 Å². The van der Waals surface area contributed by atoms with Crippen molar-refractivity contribution in [2.45, 2.75) is 89.0 Å². The highest BCUT2D eigenvalue weighted by Gasteiger charge is 2.43. The number of ether oxygens (including phenoxy) is 2. The summed E-state index contributed by atoms with van der Waals surface area (Å²) < 4.78 is 10.7. The number of hydrogen-bond donors (Lipinski definition) is 4. The zero-order valence-corrected chi connectivity index (χ0v) is 13.6. The summed E-state index contributed by atoms with van der Waals surface area (Å²) in [5.74, 6) is 0. The van der Waals surface area contributed by atoms with Gasteiger partial charge in [0, 0.05) is 6.61 Å². The lowest BCUT2D eigenvalue weighted by molar-refractivity contribution is -0.301. The van der Waals surface area contributed by atoms with Crippen molar-refractivity contribution >= 4 is 0 Å². The van der Waals surface area contributed by atoms with Crippen LogP contribution in [0.5, 0.6) is 0 Å². The fourth-order valence-electron chi connectivity index (χ4n) is 2.64. The van der Waals surface area contributed by atoms with E-state index in [4.69, 9.17) is 14.6 Å². The Balaban J connectivity index is 2.11. The monoisotopic (exact) mass is 320 g/mol. The van der Waals surface area contributed by atoms with Gasteiger partial charge in [-0.15, -0.1) is 0 Å². The van der Waals surface area contributed by atoms with Gasteiger partial charge in [-0.2, -0.15) is 0 Å². The standard InChI is InChI=1S/C16H32O6/c1-2-3-4-5-6-7-8-9-10-21-16-15(20)14(19)13(18)12(11-17)22-16/h12-20H,2-11H2,1H3/t12-,13+,14-,15+,16+/m1/s1. The number of hydrogen-bond acceptors (Lipinski definition) is 6. The summed E-state index contributed by atoms with van der Waals surface area (Å²) in [6.07, 6.45) is 3.58. The van der Waals surface area contributed by atoms with Crippen molar-refractivity contribution in [1.82, 2.24) is 0 Å². The minimum atomic E-state index is -1.37. The Morgan fingerprint density at radius 1 is 0.818 bits per heavy atom. The smallest absolute Gasteiger partial charge is 0.186 e. The van der Waals surface area contributed by atoms with E-state index < -0.39 is 37.3 Å². The molecule has 1 aliphatic rings. The van der Waals surface area contributed by atoms with Crippen LogP contribution in [0.3, 0.4) is 0 Å². The Kier molecular flexibility index (Phi) is 10.2. The fourth-order valence-corrected chi connectivity index (χ4v) is 2.64. The number of rotatable bonds is 11. The molecule has 0 saturated carbocycles. The molecule has 0 aliphatic carbocycles. The summed E-state index contributed by atoms with van der Waals surface area (Å²) in [6, 6.07) is 0. The predicted molar refractivity (Wildman–Crippen MR) is 82.3 cm³/mol. The third-order valence-corrected chi connectivity index (χ3v) is 4.13. The molecule has 5 atom stereocenters. The maximum Gasteiger partial charge on any atom is 0.186 e. The molecule has 6 heteroatoms. The molecule has 1 saturated heterocycles. The quantitative estimate of drug-likeness (QED) is 0.423. The molecule has 1 rings (SSSR count). The summed E-state index contributed by atoms with van der Waals surface area (Å²) >= 11 is 0. The molecule has 0 amide bonds. The van der Waals surface area contributed by atoms with E-state index in [1.165, 1.54) is 38.5 Å². The molecule has 132 valence electrons. The molecule has 0 aromatic rings. The van der Waals surface area contributed by atoms with Gasteiger partial charge in [0.2, 0.25) is 0 Å². The van der Waals surface area contributed by atoms with E-state index in [0.717, 1.165) is 12.8 Å². The van der Waals surface area contributed by atoms with Gasteiger partial charge in [0.15, 0.2) is 6.29 Å². The lowest BCUT2D eigenvalue weighted by atomic mass is 9.99. The van der Waals surface area contributed by atoms with Gasteiger partial charge in [0.05, 0.1) is 6.61 Å². The van der Waals surface area contributed by atoms with Gasteiger partial charge < -0.3 is 29.9 Å². The maximum absolute atomic E-state index is 9.80. The lowest BCUT2D eigenvalue weighted by Gasteiger charge is -2.39. The molecule has 0 unspecified atom stereocenters. The van der Waals surface area contributed by atoms with Crippen molar-refractivity contribution in [3.63, 3.8) is 0 Å². The molecule has 0 bridgehead atoms. The van der Waals surface area contributed by atoms with Gasteiger partial charge in [-0.05, 0) is 6.42 Å². The number of unbranched alkanes of at least 4 members (excludes halogenated alkanes) is 7. The largest absolute Gasteiger partial charge is 0.394 e. The zero-order chi connectivity index (χ0) is 16.4. The van der Waals surface area contributed by atoms with E-state index >= 15 is 0 Å². The molecule has 0 aromatic carbocycles. The van der Waals surface area contributed by atoms with Crippen molar-refractivity contribution < 1.29 is 29.9 Å². The first-order chi connectivity index (χ1) is 10.6. The van der Waals surface area contributed by atoms with E-state index in [-0.39, 0.29) is 0 Å². The first-order valence-electron chi connectivity index (χ1n) is 8.54. The maximum atomic E-state index is 9.80. The zero-order valence-electron chi connectivity index (χ0n) is 13.6. The van der Waals surface area contributed by atoms with Crippen molar-refractivity contribution in [1.29, 1.82) is 0 Å². The normalized spacial score (nSPS) is 32.3. The highest BCUT2D eigenvalue weighted by Crippen LogP contribution is 2.22. The second kappa shape index (κ2) is 11.3. The molecule has 22 heavy (non-hydrogen) atoms. The van der Waals surface area contributed by atoms with Crippen LogP contribution in [0.25, 0.3) is 0 Å². The van der Waals surface area contributed by atoms with Gasteiger partial charge in [-0.3, -0.25) is 0 Å². The average molecular weight is 320 g/mol. The minimum Gasteiger partial charge on any atom is -0.394 e. The molecule has 0 aromatic heterocycles. The second-order valence-corrected chi connectivity index (χ2v) is 6.04. The average Bonchev–Trinajstić information content (AvgIpc) is 2.53. The van der Waals surface area contributed by atoms with Crippen LogP contribution in [-0.2, 0) is 9.47 Å². The lowest BCUT2D eigenvalue weighted by Crippen LogP contribution is -2.59. The molecule has 6 nitrogen and oxygen atoms in total. The molecule has 4 N–H and O–H groups in total. The van der Waals surface area contributed by atoms with Crippen molar-refractivity contribution in [2.75, 3.05) is 13.2 Å². The van der Waals surface area contributed by atoms with E-state index in [1.807, 2.05) is 0 Å². The summed E-state index contributed by atoms with van der Waals surface area (Å²) in [5.41, 5.74) is 0. The Bertz CT molecular complexity index is 273. The van der Waals surface area contributed by atoms with Crippen LogP contribution in [0.15, 0.2) is 0 Å². The Morgan fingerprint density at radius 3 is 2.00 bits per heavy atom. The number of aliphatic hydroxyl groups excluding tert-OH is 4. The van der Waals surface area contributed by atoms with Crippen molar-refractivity contribution in [3.8, 4) is 0 Å². The van der Waals surface area contributed by atoms with Gasteiger partial charge >= 0.3 is 0 Å². The van der Waals surface area contributed by atoms with Crippen LogP contribution in [0.2, 0.25) is 0 Å². The summed E-state index contributed by atoms with van der Waals surface area (Å²) in [5, 5.41) is 38.2. The summed E-state index contributed by atoms with van der Waals surface area (Å²) in [4.78, 5) is 0. The molecule has 0 spiro atoms. The third kappa shape index (κ3) is 6.48. The summed E-state index contributed by atoms with van der Waals surface area (Å²) in [6.45, 7) is 2.20. The van der Waals surface area contributed by atoms with Crippen LogP contribution in [0.1, 0.15) is 58.3 Å². The van der Waals surface area contributed by atoms with Gasteiger partial charge in [-0.25, -0.2) is 0 Å². The first kappa shape index (κ1) is 19.8. The van der Waals surface area contributed by atoms with Crippen LogP contribution in [0, 0.1) is 0 Å². The van der Waals surface area contributed by atoms with Gasteiger partial charge in [0.25, 0.3) is 0 Å². The Morgan fingerprint density at radius 2 is 1.41 bits per heavy atom. The van der Waals surface area contributed by atoms with Gasteiger partial charge in [-0.1, -0.05) is 51.9 Å². The molecule has 1 aliphatic heterocycles. The van der Waals surface area contributed by atoms with E-state index in [1.54, 1.807) is 0 Å². The molecular formula is C16H32O6. The Hall–Kier alpha value is -0.240. The predicted octanol–water partition coefficient (Wildman–Crippen LogP) is 0.944. The van der Waals surface area contributed by atoms with Crippen LogP contribution in [0.4, 0.5) is 0 Å². The topological polar surface area (TPSA) is 99.4 Å². The van der Waals surface area contributed by atoms with Crippen molar-refractivity contribution in [2.24, 2.45) is 0 Å². The third-order valence-electron chi connectivity index (χ3n) is 4.13. The SMILES string of the molecule is CCCCCCCCCCO[C@H]1O[C@H](CO)[C@H](O)[C@@H](O)[C@@H]1O. The first-order valence-corrected chi connectivity index (χ1v) is 8.54. The van der Waals surface area contributed by atoms with E-state index in [2.05, 4.69) is 6.92 Å². The molecule has 1 heterocycles. The van der Waals surface area contributed by atoms with Crippen LogP contribution >= 0.6 is 0 Å². The fraction of sp³-hybridized carbons (Fsp3) is 1.00.